The molecular formula is C21H23FN4. The lowest BCUT2D eigenvalue weighted by Gasteiger charge is -2.20. The van der Waals surface area contributed by atoms with Gasteiger partial charge in [0.1, 0.15) is 11.6 Å². The summed E-state index contributed by atoms with van der Waals surface area (Å²) in [6, 6.07) is 17.5. The van der Waals surface area contributed by atoms with Crippen LogP contribution in [0.3, 0.4) is 0 Å². The maximum Gasteiger partial charge on any atom is 0.163 e. The third-order valence-electron chi connectivity index (χ3n) is 5.39. The summed E-state index contributed by atoms with van der Waals surface area (Å²) in [6.45, 7) is 3.98. The van der Waals surface area contributed by atoms with Crippen LogP contribution in [0.2, 0.25) is 0 Å². The molecule has 0 aliphatic carbocycles. The van der Waals surface area contributed by atoms with E-state index in [0.717, 1.165) is 36.7 Å². The van der Waals surface area contributed by atoms with Gasteiger partial charge in [-0.3, -0.25) is 4.90 Å². The fraction of sp³-hybridized carbons (Fsp3) is 0.333. The molecule has 0 radical (unpaired) electrons. The van der Waals surface area contributed by atoms with E-state index in [0.29, 0.717) is 12.0 Å². The Kier molecular flexibility index (Phi) is 4.55. The zero-order valence-electron chi connectivity index (χ0n) is 15.1. The molecule has 26 heavy (non-hydrogen) atoms. The van der Waals surface area contributed by atoms with Crippen molar-refractivity contribution in [1.82, 2.24) is 19.7 Å². The van der Waals surface area contributed by atoms with E-state index in [1.54, 1.807) is 12.1 Å². The lowest BCUT2D eigenvalue weighted by atomic mass is 9.97. The highest BCUT2D eigenvalue weighted by Gasteiger charge is 2.31. The molecule has 0 N–H and O–H groups in total. The van der Waals surface area contributed by atoms with Gasteiger partial charge < -0.3 is 4.57 Å². The third kappa shape index (κ3) is 3.27. The zero-order chi connectivity index (χ0) is 18.1. The molecule has 0 spiro atoms. The molecule has 0 saturated carbocycles. The molecule has 134 valence electrons. The molecule has 2 heterocycles. The Morgan fingerprint density at radius 3 is 2.50 bits per heavy atom. The lowest BCUT2D eigenvalue weighted by molar-refractivity contribution is 0.249. The monoisotopic (exact) mass is 350 g/mol. The van der Waals surface area contributed by atoms with Crippen molar-refractivity contribution in [2.75, 3.05) is 6.54 Å². The first-order chi connectivity index (χ1) is 12.6. The molecule has 4 rings (SSSR count). The fourth-order valence-corrected chi connectivity index (χ4v) is 3.81. The molecule has 4 nitrogen and oxygen atoms in total. The van der Waals surface area contributed by atoms with E-state index in [1.807, 2.05) is 37.4 Å². The van der Waals surface area contributed by atoms with Gasteiger partial charge in [-0.15, -0.1) is 10.2 Å². The Labute approximate surface area is 153 Å². The normalized spacial score (nSPS) is 20.6. The Morgan fingerprint density at radius 1 is 1.04 bits per heavy atom. The summed E-state index contributed by atoms with van der Waals surface area (Å²) in [4.78, 5) is 2.44. The van der Waals surface area contributed by atoms with Gasteiger partial charge in [0.2, 0.25) is 0 Å². The second-order valence-electron chi connectivity index (χ2n) is 7.13. The van der Waals surface area contributed by atoms with Crippen LogP contribution >= 0.6 is 0 Å². The SMILES string of the molecule is CC1CC(c2ccc(F)cc2)CN1Cc1nnc(-c2ccccc2)n1C. The number of halogens is 1. The first kappa shape index (κ1) is 16.9. The second kappa shape index (κ2) is 7.00. The van der Waals surface area contributed by atoms with E-state index < -0.39 is 0 Å². The molecule has 1 aliphatic heterocycles. The van der Waals surface area contributed by atoms with Crippen LogP contribution in [0.15, 0.2) is 54.6 Å². The number of likely N-dealkylation sites (tertiary alicyclic amines) is 1. The maximum absolute atomic E-state index is 13.2. The molecule has 2 unspecified atom stereocenters. The smallest absolute Gasteiger partial charge is 0.163 e. The van der Waals surface area contributed by atoms with Crippen LogP contribution in [0.25, 0.3) is 11.4 Å². The van der Waals surface area contributed by atoms with Gasteiger partial charge in [0, 0.05) is 25.2 Å². The van der Waals surface area contributed by atoms with Gasteiger partial charge in [0.25, 0.3) is 0 Å². The van der Waals surface area contributed by atoms with Gasteiger partial charge in [-0.05, 0) is 37.0 Å². The summed E-state index contributed by atoms with van der Waals surface area (Å²) in [5, 5.41) is 8.81. The Balaban J connectivity index is 1.49. The van der Waals surface area contributed by atoms with Crippen molar-refractivity contribution in [3.05, 3.63) is 71.8 Å². The lowest BCUT2D eigenvalue weighted by Crippen LogP contribution is -2.28. The number of hydrogen-bond acceptors (Lipinski definition) is 3. The molecule has 0 amide bonds. The van der Waals surface area contributed by atoms with Crippen molar-refractivity contribution in [1.29, 1.82) is 0 Å². The Bertz CT molecular complexity index is 873. The molecule has 1 aromatic heterocycles. The third-order valence-corrected chi connectivity index (χ3v) is 5.39. The van der Waals surface area contributed by atoms with Crippen molar-refractivity contribution in [2.45, 2.75) is 31.8 Å². The van der Waals surface area contributed by atoms with E-state index in [9.17, 15) is 4.39 Å². The van der Waals surface area contributed by atoms with Crippen molar-refractivity contribution in [2.24, 2.45) is 7.05 Å². The van der Waals surface area contributed by atoms with E-state index in [-0.39, 0.29) is 5.82 Å². The molecular weight excluding hydrogens is 327 g/mol. The second-order valence-corrected chi connectivity index (χ2v) is 7.13. The average molecular weight is 350 g/mol. The Hall–Kier alpha value is -2.53. The largest absolute Gasteiger partial charge is 0.313 e. The molecule has 2 aromatic carbocycles. The molecule has 5 heteroatoms. The van der Waals surface area contributed by atoms with Crippen molar-refractivity contribution in [3.8, 4) is 11.4 Å². The predicted molar refractivity (Wildman–Crippen MR) is 100 cm³/mol. The highest BCUT2D eigenvalue weighted by atomic mass is 19.1. The standard InChI is InChI=1S/C21H23FN4/c1-15-12-18(16-8-10-19(22)11-9-16)13-26(15)14-20-23-24-21(25(20)2)17-6-4-3-5-7-17/h3-11,15,18H,12-14H2,1-2H3. The highest BCUT2D eigenvalue weighted by Crippen LogP contribution is 2.32. The number of rotatable bonds is 4. The summed E-state index contributed by atoms with van der Waals surface area (Å²) in [6.07, 6.45) is 1.08. The van der Waals surface area contributed by atoms with E-state index in [4.69, 9.17) is 0 Å². The first-order valence-corrected chi connectivity index (χ1v) is 9.05. The van der Waals surface area contributed by atoms with Gasteiger partial charge in [0.15, 0.2) is 5.82 Å². The molecule has 1 aliphatic rings. The van der Waals surface area contributed by atoms with E-state index in [1.165, 1.54) is 5.56 Å². The minimum Gasteiger partial charge on any atom is -0.313 e. The summed E-state index contributed by atoms with van der Waals surface area (Å²) in [5.74, 6) is 2.12. The number of nitrogens with zero attached hydrogens (tertiary/aromatic N) is 4. The minimum absolute atomic E-state index is 0.177. The maximum atomic E-state index is 13.2. The molecule has 2 atom stereocenters. The number of benzene rings is 2. The van der Waals surface area contributed by atoms with Gasteiger partial charge in [0.05, 0.1) is 6.54 Å². The van der Waals surface area contributed by atoms with Crippen molar-refractivity contribution >= 4 is 0 Å². The Morgan fingerprint density at radius 2 is 1.77 bits per heavy atom. The molecule has 3 aromatic rings. The first-order valence-electron chi connectivity index (χ1n) is 9.05. The molecule has 0 bridgehead atoms. The zero-order valence-corrected chi connectivity index (χ0v) is 15.1. The highest BCUT2D eigenvalue weighted by molar-refractivity contribution is 5.54. The summed E-state index contributed by atoms with van der Waals surface area (Å²) < 4.78 is 15.2. The predicted octanol–water partition coefficient (Wildman–Crippen LogP) is 4.00. The van der Waals surface area contributed by atoms with Gasteiger partial charge in [-0.25, -0.2) is 4.39 Å². The minimum atomic E-state index is -0.177. The van der Waals surface area contributed by atoms with Crippen LogP contribution < -0.4 is 0 Å². The van der Waals surface area contributed by atoms with Crippen molar-refractivity contribution in [3.63, 3.8) is 0 Å². The summed E-state index contributed by atoms with van der Waals surface area (Å²) in [7, 11) is 2.02. The van der Waals surface area contributed by atoms with Crippen LogP contribution in [0.4, 0.5) is 4.39 Å². The van der Waals surface area contributed by atoms with Crippen LogP contribution in [-0.2, 0) is 13.6 Å². The van der Waals surface area contributed by atoms with Crippen LogP contribution in [0.1, 0.15) is 30.7 Å². The van der Waals surface area contributed by atoms with Crippen LogP contribution in [0.5, 0.6) is 0 Å². The summed E-state index contributed by atoms with van der Waals surface area (Å²) in [5.41, 5.74) is 2.29. The van der Waals surface area contributed by atoms with Crippen LogP contribution in [0, 0.1) is 5.82 Å². The number of aromatic nitrogens is 3. The number of hydrogen-bond donors (Lipinski definition) is 0. The van der Waals surface area contributed by atoms with Gasteiger partial charge in [-0.1, -0.05) is 42.5 Å². The summed E-state index contributed by atoms with van der Waals surface area (Å²) >= 11 is 0. The van der Waals surface area contributed by atoms with Crippen LogP contribution in [-0.4, -0.2) is 32.3 Å². The van der Waals surface area contributed by atoms with Crippen molar-refractivity contribution < 1.29 is 4.39 Å². The van der Waals surface area contributed by atoms with E-state index >= 15 is 0 Å². The molecule has 1 fully saturated rings. The fourth-order valence-electron chi connectivity index (χ4n) is 3.81. The van der Waals surface area contributed by atoms with Gasteiger partial charge in [-0.2, -0.15) is 0 Å². The molecule has 1 saturated heterocycles. The van der Waals surface area contributed by atoms with E-state index in [2.05, 4.69) is 38.7 Å². The van der Waals surface area contributed by atoms with Gasteiger partial charge >= 0.3 is 0 Å². The average Bonchev–Trinajstić information content (AvgIpc) is 3.20. The topological polar surface area (TPSA) is 34.0 Å². The quantitative estimate of drug-likeness (QED) is 0.713.